The highest BCUT2D eigenvalue weighted by atomic mass is 32.2. The molecular formula is C20H23NO6S. The molecular weight excluding hydrogens is 382 g/mol. The van der Waals surface area contributed by atoms with Crippen LogP contribution in [-0.2, 0) is 14.3 Å². The first-order valence-corrected chi connectivity index (χ1v) is 9.65. The van der Waals surface area contributed by atoms with Crippen molar-refractivity contribution in [3.63, 3.8) is 0 Å². The lowest BCUT2D eigenvalue weighted by Gasteiger charge is -2.13. The summed E-state index contributed by atoms with van der Waals surface area (Å²) in [5.74, 6) is -0.210. The second-order valence-corrected chi connectivity index (χ2v) is 6.81. The maximum Gasteiger partial charge on any atom is 0.326 e. The Bertz CT molecular complexity index is 789. The number of thioether (sulfide) groups is 1. The number of carbonyl (C=O) groups is 3. The van der Waals surface area contributed by atoms with E-state index in [-0.39, 0.29) is 18.1 Å². The molecule has 0 spiro atoms. The van der Waals surface area contributed by atoms with Crippen molar-refractivity contribution in [1.29, 1.82) is 0 Å². The van der Waals surface area contributed by atoms with Gasteiger partial charge in [-0.25, -0.2) is 0 Å². The predicted octanol–water partition coefficient (Wildman–Crippen LogP) is 3.64. The summed E-state index contributed by atoms with van der Waals surface area (Å²) in [5, 5.41) is -0.514. The van der Waals surface area contributed by atoms with Gasteiger partial charge in [0.25, 0.3) is 11.1 Å². The van der Waals surface area contributed by atoms with Gasteiger partial charge in [0.1, 0.15) is 13.2 Å². The molecule has 0 aromatic heterocycles. The van der Waals surface area contributed by atoms with Crippen molar-refractivity contribution < 1.29 is 28.6 Å². The molecule has 1 aromatic carbocycles. The van der Waals surface area contributed by atoms with Crippen molar-refractivity contribution >= 4 is 35.0 Å². The van der Waals surface area contributed by atoms with Crippen molar-refractivity contribution in [3.05, 3.63) is 41.3 Å². The molecule has 0 atom stereocenters. The normalized spacial score (nSPS) is 15.1. The van der Waals surface area contributed by atoms with Gasteiger partial charge in [0.2, 0.25) is 0 Å². The average molecular weight is 405 g/mol. The summed E-state index contributed by atoms with van der Waals surface area (Å²) in [6.07, 6.45) is 4.76. The van der Waals surface area contributed by atoms with E-state index >= 15 is 0 Å². The largest absolute Gasteiger partial charge is 0.493 e. The van der Waals surface area contributed by atoms with E-state index in [1.807, 2.05) is 6.92 Å². The maximum absolute atomic E-state index is 12.6. The molecule has 150 valence electrons. The quantitative estimate of drug-likeness (QED) is 0.254. The van der Waals surface area contributed by atoms with Gasteiger partial charge in [-0.3, -0.25) is 19.3 Å². The number of esters is 1. The Morgan fingerprint density at radius 3 is 2.79 bits per heavy atom. The van der Waals surface area contributed by atoms with E-state index in [1.54, 1.807) is 30.4 Å². The molecule has 0 radical (unpaired) electrons. The average Bonchev–Trinajstić information content (AvgIpc) is 2.94. The molecule has 1 fully saturated rings. The number of benzene rings is 1. The maximum atomic E-state index is 12.6. The van der Waals surface area contributed by atoms with Crippen LogP contribution in [0.5, 0.6) is 11.5 Å². The van der Waals surface area contributed by atoms with E-state index in [9.17, 15) is 14.4 Å². The minimum absolute atomic E-state index is 0.197. The highest BCUT2D eigenvalue weighted by molar-refractivity contribution is 8.18. The SMILES string of the molecule is C=CCOc1c(/C=C2\SC(=O)N(CC(=O)OCCCC)C2=O)cccc1OC. The number of rotatable bonds is 10. The topological polar surface area (TPSA) is 82.1 Å². The summed E-state index contributed by atoms with van der Waals surface area (Å²) in [4.78, 5) is 37.7. The van der Waals surface area contributed by atoms with E-state index in [4.69, 9.17) is 14.2 Å². The molecule has 0 N–H and O–H groups in total. The molecule has 1 saturated heterocycles. The van der Waals surface area contributed by atoms with Crippen LogP contribution in [0.4, 0.5) is 4.79 Å². The Labute approximate surface area is 168 Å². The molecule has 0 saturated carbocycles. The second-order valence-electron chi connectivity index (χ2n) is 5.82. The zero-order valence-corrected chi connectivity index (χ0v) is 16.8. The molecule has 7 nitrogen and oxygen atoms in total. The van der Waals surface area contributed by atoms with Crippen LogP contribution in [0.15, 0.2) is 35.8 Å². The number of carbonyl (C=O) groups excluding carboxylic acids is 3. The first kappa shape index (κ1) is 21.6. The monoisotopic (exact) mass is 405 g/mol. The van der Waals surface area contributed by atoms with E-state index in [1.165, 1.54) is 7.11 Å². The fourth-order valence-electron chi connectivity index (χ4n) is 2.39. The number of hydrogen-bond donors (Lipinski definition) is 0. The van der Waals surface area contributed by atoms with Crippen molar-refractivity contribution in [3.8, 4) is 11.5 Å². The summed E-state index contributed by atoms with van der Waals surface area (Å²) in [5.41, 5.74) is 0.581. The standard InChI is InChI=1S/C20H23NO6S/c1-4-6-11-26-17(22)13-21-19(23)16(28-20(21)24)12-14-8-7-9-15(25-3)18(14)27-10-5-2/h5,7-9,12H,2,4,6,10-11,13H2,1,3H3/b16-12-. The number of methoxy groups -OCH3 is 1. The van der Waals surface area contributed by atoms with Crippen LogP contribution >= 0.6 is 11.8 Å². The van der Waals surface area contributed by atoms with Gasteiger partial charge in [-0.1, -0.05) is 38.1 Å². The fraction of sp³-hybridized carbons (Fsp3) is 0.350. The zero-order chi connectivity index (χ0) is 20.5. The fourth-order valence-corrected chi connectivity index (χ4v) is 3.22. The van der Waals surface area contributed by atoms with Gasteiger partial charge in [0.15, 0.2) is 11.5 Å². The number of imide groups is 1. The first-order valence-electron chi connectivity index (χ1n) is 8.83. The predicted molar refractivity (Wildman–Crippen MR) is 107 cm³/mol. The number of hydrogen-bond acceptors (Lipinski definition) is 7. The first-order chi connectivity index (χ1) is 13.5. The minimum atomic E-state index is -0.603. The Kier molecular flexibility index (Phi) is 8.13. The molecule has 0 unspecified atom stereocenters. The summed E-state index contributed by atoms with van der Waals surface area (Å²) < 4.78 is 16.0. The Morgan fingerprint density at radius 1 is 1.32 bits per heavy atom. The third-order valence-electron chi connectivity index (χ3n) is 3.78. The van der Waals surface area contributed by atoms with Crippen LogP contribution in [0.1, 0.15) is 25.3 Å². The van der Waals surface area contributed by atoms with E-state index in [0.29, 0.717) is 17.1 Å². The lowest BCUT2D eigenvalue weighted by Crippen LogP contribution is -2.34. The van der Waals surface area contributed by atoms with E-state index < -0.39 is 23.7 Å². The Balaban J connectivity index is 2.19. The van der Waals surface area contributed by atoms with Gasteiger partial charge in [-0.05, 0) is 30.3 Å². The molecule has 8 heteroatoms. The minimum Gasteiger partial charge on any atom is -0.493 e. The zero-order valence-electron chi connectivity index (χ0n) is 15.9. The van der Waals surface area contributed by atoms with Gasteiger partial charge in [0, 0.05) is 5.56 Å². The second kappa shape index (κ2) is 10.6. The highest BCUT2D eigenvalue weighted by Gasteiger charge is 2.36. The third kappa shape index (κ3) is 5.39. The van der Waals surface area contributed by atoms with Crippen LogP contribution in [0.25, 0.3) is 6.08 Å². The third-order valence-corrected chi connectivity index (χ3v) is 4.69. The smallest absolute Gasteiger partial charge is 0.326 e. The van der Waals surface area contributed by atoms with Crippen molar-refractivity contribution in [1.82, 2.24) is 4.90 Å². The number of ether oxygens (including phenoxy) is 3. The van der Waals surface area contributed by atoms with Crippen LogP contribution in [-0.4, -0.2) is 48.9 Å². The van der Waals surface area contributed by atoms with Gasteiger partial charge in [-0.15, -0.1) is 0 Å². The Hall–Kier alpha value is -2.74. The highest BCUT2D eigenvalue weighted by Crippen LogP contribution is 2.37. The lowest BCUT2D eigenvalue weighted by molar-refractivity contribution is -0.146. The summed E-state index contributed by atoms with van der Waals surface area (Å²) in [6, 6.07) is 5.22. The van der Waals surface area contributed by atoms with Crippen molar-refractivity contribution in [2.24, 2.45) is 0 Å². The molecule has 0 aliphatic carbocycles. The number of nitrogens with zero attached hydrogens (tertiary/aromatic N) is 1. The molecule has 0 bridgehead atoms. The Morgan fingerprint density at radius 2 is 2.11 bits per heavy atom. The van der Waals surface area contributed by atoms with E-state index in [2.05, 4.69) is 6.58 Å². The van der Waals surface area contributed by atoms with Crippen LogP contribution in [0.2, 0.25) is 0 Å². The molecule has 1 heterocycles. The molecule has 1 aliphatic heterocycles. The number of unbranched alkanes of at least 4 members (excludes halogenated alkanes) is 1. The van der Waals surface area contributed by atoms with Crippen molar-refractivity contribution in [2.45, 2.75) is 19.8 Å². The van der Waals surface area contributed by atoms with Gasteiger partial charge in [0.05, 0.1) is 18.6 Å². The van der Waals surface area contributed by atoms with Crippen LogP contribution in [0.3, 0.4) is 0 Å². The molecule has 2 amide bonds. The van der Waals surface area contributed by atoms with Gasteiger partial charge < -0.3 is 14.2 Å². The molecule has 28 heavy (non-hydrogen) atoms. The lowest BCUT2D eigenvalue weighted by atomic mass is 10.1. The summed E-state index contributed by atoms with van der Waals surface area (Å²) >= 11 is 0.767. The molecule has 2 rings (SSSR count). The summed E-state index contributed by atoms with van der Waals surface area (Å²) in [6.45, 7) is 5.72. The molecule has 1 aromatic rings. The van der Waals surface area contributed by atoms with E-state index in [0.717, 1.165) is 29.5 Å². The summed E-state index contributed by atoms with van der Waals surface area (Å²) in [7, 11) is 1.51. The van der Waals surface area contributed by atoms with Gasteiger partial charge in [-0.2, -0.15) is 0 Å². The molecule has 1 aliphatic rings. The van der Waals surface area contributed by atoms with Gasteiger partial charge >= 0.3 is 5.97 Å². The van der Waals surface area contributed by atoms with Crippen molar-refractivity contribution in [2.75, 3.05) is 26.9 Å². The van der Waals surface area contributed by atoms with Crippen LogP contribution in [0, 0.1) is 0 Å². The number of amides is 2. The van der Waals surface area contributed by atoms with Crippen LogP contribution < -0.4 is 9.47 Å². The number of para-hydroxylation sites is 1.